The Labute approximate surface area is 412 Å². The number of amides is 1. The highest BCUT2D eigenvalue weighted by atomic mass is 31.2. The summed E-state index contributed by atoms with van der Waals surface area (Å²) in [6.07, 6.45) is 60.2. The number of carbonyl (C=O) groups is 1. The molecular weight excluding hydrogens is 840 g/mol. The van der Waals surface area contributed by atoms with Crippen LogP contribution in [0.5, 0.6) is 0 Å². The van der Waals surface area contributed by atoms with E-state index >= 15 is 0 Å². The summed E-state index contributed by atoms with van der Waals surface area (Å²) in [6.45, 7) is 4.87. The SMILES string of the molecule is CCCCCCCCCCCCCCCCCCCC/C=C/C(O)C(COP(=O)(O)OCC[N+](C)(C)C)NC(=O)CCCCCCCCCCCCCCCCCCCCCCCCCC. The number of phosphoric acid groups is 1. The largest absolute Gasteiger partial charge is 0.472 e. The van der Waals surface area contributed by atoms with Crippen molar-refractivity contribution >= 4 is 13.7 Å². The molecule has 8 nitrogen and oxygen atoms in total. The summed E-state index contributed by atoms with van der Waals surface area (Å²) in [5.74, 6) is -0.169. The number of rotatable bonds is 54. The van der Waals surface area contributed by atoms with Gasteiger partial charge in [0.15, 0.2) is 0 Å². The fraction of sp³-hybridized carbons (Fsp3) is 0.947. The minimum absolute atomic E-state index is 0.0652. The summed E-state index contributed by atoms with van der Waals surface area (Å²) in [5, 5.41) is 13.9. The second-order valence-electron chi connectivity index (χ2n) is 21.4. The Morgan fingerprint density at radius 3 is 1.12 bits per heavy atom. The lowest BCUT2D eigenvalue weighted by atomic mass is 10.0. The number of allylic oxidation sites excluding steroid dienone is 1. The van der Waals surface area contributed by atoms with E-state index in [9.17, 15) is 19.4 Å². The molecule has 0 aliphatic carbocycles. The van der Waals surface area contributed by atoms with E-state index in [0.29, 0.717) is 17.4 Å². The van der Waals surface area contributed by atoms with Gasteiger partial charge in [0.25, 0.3) is 0 Å². The van der Waals surface area contributed by atoms with E-state index in [-0.39, 0.29) is 19.1 Å². The van der Waals surface area contributed by atoms with Gasteiger partial charge in [-0.2, -0.15) is 0 Å². The van der Waals surface area contributed by atoms with E-state index in [1.54, 1.807) is 6.08 Å². The van der Waals surface area contributed by atoms with Crippen molar-refractivity contribution in [2.45, 2.75) is 309 Å². The topological polar surface area (TPSA) is 105 Å². The maximum Gasteiger partial charge on any atom is 0.472 e. The number of likely N-dealkylation sites (N-methyl/N-ethyl adjacent to an activating group) is 1. The zero-order chi connectivity index (χ0) is 48.5. The molecule has 394 valence electrons. The molecule has 9 heteroatoms. The maximum atomic E-state index is 13.0. The summed E-state index contributed by atoms with van der Waals surface area (Å²) >= 11 is 0. The lowest BCUT2D eigenvalue weighted by Crippen LogP contribution is -2.45. The fourth-order valence-electron chi connectivity index (χ4n) is 8.93. The third-order valence-electron chi connectivity index (χ3n) is 13.5. The van der Waals surface area contributed by atoms with Gasteiger partial charge in [0.1, 0.15) is 13.2 Å². The van der Waals surface area contributed by atoms with E-state index < -0.39 is 20.0 Å². The van der Waals surface area contributed by atoms with Gasteiger partial charge in [-0.15, -0.1) is 0 Å². The van der Waals surface area contributed by atoms with E-state index in [2.05, 4.69) is 19.2 Å². The van der Waals surface area contributed by atoms with Crippen molar-refractivity contribution < 1.29 is 32.9 Å². The Kier molecular flexibility index (Phi) is 48.7. The number of unbranched alkanes of at least 4 members (excludes halogenated alkanes) is 41. The minimum atomic E-state index is -4.34. The molecule has 0 rings (SSSR count). The molecule has 0 saturated heterocycles. The fourth-order valence-corrected chi connectivity index (χ4v) is 9.66. The molecule has 0 aromatic carbocycles. The van der Waals surface area contributed by atoms with Gasteiger partial charge >= 0.3 is 7.82 Å². The first kappa shape index (κ1) is 65.2. The molecule has 0 fully saturated rings. The smallest absolute Gasteiger partial charge is 0.387 e. The van der Waals surface area contributed by atoms with Crippen molar-refractivity contribution in [3.05, 3.63) is 12.2 Å². The van der Waals surface area contributed by atoms with Crippen LogP contribution >= 0.6 is 7.82 Å². The zero-order valence-electron chi connectivity index (χ0n) is 45.0. The van der Waals surface area contributed by atoms with Gasteiger partial charge in [-0.25, -0.2) is 4.57 Å². The van der Waals surface area contributed by atoms with Crippen LogP contribution in [0, 0.1) is 0 Å². The molecule has 0 saturated carbocycles. The van der Waals surface area contributed by atoms with E-state index in [1.165, 1.54) is 244 Å². The third-order valence-corrected chi connectivity index (χ3v) is 14.5. The normalized spacial score (nSPS) is 14.0. The minimum Gasteiger partial charge on any atom is -0.387 e. The Hall–Kier alpha value is -0.760. The van der Waals surface area contributed by atoms with Crippen LogP contribution in [-0.4, -0.2) is 73.4 Å². The molecule has 0 aliphatic heterocycles. The van der Waals surface area contributed by atoms with Crippen LogP contribution in [0.2, 0.25) is 0 Å². The lowest BCUT2D eigenvalue weighted by Gasteiger charge is -2.25. The predicted octanol–water partition coefficient (Wildman–Crippen LogP) is 17.4. The van der Waals surface area contributed by atoms with Crippen LogP contribution < -0.4 is 5.32 Å². The van der Waals surface area contributed by atoms with Crippen LogP contribution in [0.25, 0.3) is 0 Å². The van der Waals surface area contributed by atoms with Crippen molar-refractivity contribution in [3.63, 3.8) is 0 Å². The molecule has 3 unspecified atom stereocenters. The zero-order valence-corrected chi connectivity index (χ0v) is 45.9. The molecule has 0 spiro atoms. The van der Waals surface area contributed by atoms with Crippen molar-refractivity contribution in [3.8, 4) is 0 Å². The number of nitrogens with zero attached hydrogens (tertiary/aromatic N) is 1. The molecule has 0 aliphatic rings. The molecule has 1 amide bonds. The first-order chi connectivity index (χ1) is 32.0. The lowest BCUT2D eigenvalue weighted by molar-refractivity contribution is -0.870. The first-order valence-electron chi connectivity index (χ1n) is 29.1. The monoisotopic (exact) mass is 956 g/mol. The molecule has 0 aromatic heterocycles. The molecule has 0 aromatic rings. The number of aliphatic hydroxyl groups is 1. The number of aliphatic hydroxyl groups excluding tert-OH is 1. The van der Waals surface area contributed by atoms with Crippen LogP contribution in [0.4, 0.5) is 0 Å². The van der Waals surface area contributed by atoms with Crippen LogP contribution in [-0.2, 0) is 18.4 Å². The number of quaternary nitrogens is 1. The highest BCUT2D eigenvalue weighted by Crippen LogP contribution is 2.43. The molecule has 0 radical (unpaired) electrons. The Balaban J connectivity index is 4.17. The van der Waals surface area contributed by atoms with Crippen molar-refractivity contribution in [1.82, 2.24) is 5.32 Å². The number of hydrogen-bond acceptors (Lipinski definition) is 5. The highest BCUT2D eigenvalue weighted by molar-refractivity contribution is 7.47. The highest BCUT2D eigenvalue weighted by Gasteiger charge is 2.27. The second kappa shape index (κ2) is 49.2. The van der Waals surface area contributed by atoms with Crippen LogP contribution in [0.1, 0.15) is 296 Å². The van der Waals surface area contributed by atoms with Gasteiger partial charge in [0, 0.05) is 6.42 Å². The first-order valence-corrected chi connectivity index (χ1v) is 30.6. The standard InChI is InChI=1S/C57H115N2O6P/c1-6-8-10-12-14-16-18-20-22-24-26-28-29-30-31-33-35-37-39-41-43-45-47-49-51-57(61)58-55(54-65-66(62,63)64-53-52-59(3,4)5)56(60)50-48-46-44-42-40-38-36-34-32-27-25-23-21-19-17-15-13-11-9-7-2/h48,50,55-56,60H,6-47,49,51-54H2,1-5H3,(H-,58,61,62,63)/p+1/b50-48+. The quantitative estimate of drug-likeness (QED) is 0.0243. The number of nitrogens with one attached hydrogen (secondary N) is 1. The second-order valence-corrected chi connectivity index (χ2v) is 22.8. The van der Waals surface area contributed by atoms with Crippen molar-refractivity contribution in [1.29, 1.82) is 0 Å². The summed E-state index contributed by atoms with van der Waals surface area (Å²) in [7, 11) is 1.59. The van der Waals surface area contributed by atoms with E-state index in [0.717, 1.165) is 32.1 Å². The molecule has 0 heterocycles. The summed E-state index contributed by atoms with van der Waals surface area (Å²) in [6, 6.07) is -0.842. The molecule has 0 bridgehead atoms. The van der Waals surface area contributed by atoms with E-state index in [4.69, 9.17) is 9.05 Å². The third kappa shape index (κ3) is 51.1. The van der Waals surface area contributed by atoms with Gasteiger partial charge in [-0.1, -0.05) is 283 Å². The van der Waals surface area contributed by atoms with Gasteiger partial charge < -0.3 is 19.8 Å². The van der Waals surface area contributed by atoms with Gasteiger partial charge in [-0.05, 0) is 19.3 Å². The number of carbonyl (C=O) groups excluding carboxylic acids is 1. The molecule has 3 N–H and O–H groups in total. The number of hydrogen-bond donors (Lipinski definition) is 3. The Morgan fingerprint density at radius 2 is 0.803 bits per heavy atom. The van der Waals surface area contributed by atoms with Crippen molar-refractivity contribution in [2.75, 3.05) is 40.9 Å². The summed E-state index contributed by atoms with van der Waals surface area (Å²) in [4.78, 5) is 23.3. The summed E-state index contributed by atoms with van der Waals surface area (Å²) in [5.41, 5.74) is 0. The van der Waals surface area contributed by atoms with Gasteiger partial charge in [-0.3, -0.25) is 13.8 Å². The Morgan fingerprint density at radius 1 is 0.500 bits per heavy atom. The number of phosphoric ester groups is 1. The van der Waals surface area contributed by atoms with E-state index in [1.807, 2.05) is 27.2 Å². The van der Waals surface area contributed by atoms with Gasteiger partial charge in [0.2, 0.25) is 5.91 Å². The maximum absolute atomic E-state index is 13.0. The molecule has 66 heavy (non-hydrogen) atoms. The Bertz CT molecular complexity index is 1080. The van der Waals surface area contributed by atoms with Crippen molar-refractivity contribution in [2.24, 2.45) is 0 Å². The van der Waals surface area contributed by atoms with Crippen LogP contribution in [0.15, 0.2) is 12.2 Å². The summed E-state index contributed by atoms with van der Waals surface area (Å²) < 4.78 is 23.7. The van der Waals surface area contributed by atoms with Crippen LogP contribution in [0.3, 0.4) is 0 Å². The predicted molar refractivity (Wildman–Crippen MR) is 286 cm³/mol. The average Bonchev–Trinajstić information content (AvgIpc) is 3.28. The molecular formula is C57H116N2O6P+. The molecule has 3 atom stereocenters. The van der Waals surface area contributed by atoms with Gasteiger partial charge in [0.05, 0.1) is 39.9 Å². The average molecular weight is 957 g/mol.